The van der Waals surface area contributed by atoms with Gasteiger partial charge in [-0.15, -0.1) is 0 Å². The monoisotopic (exact) mass is 347 g/mol. The Morgan fingerprint density at radius 3 is 2.12 bits per heavy atom. The molecule has 0 aromatic heterocycles. The van der Waals surface area contributed by atoms with Gasteiger partial charge in [-0.05, 0) is 17.7 Å². The number of hydrogen-bond donors (Lipinski definition) is 3. The Bertz CT molecular complexity index is 601. The topological polar surface area (TPSA) is 87.3 Å². The Morgan fingerprint density at radius 1 is 1.00 bits per heavy atom. The molecule has 3 amide bonds. The normalized spacial score (nSPS) is 11.1. The summed E-state index contributed by atoms with van der Waals surface area (Å²) in [4.78, 5) is 35.1. The van der Waals surface area contributed by atoms with Gasteiger partial charge in [0.15, 0.2) is 0 Å². The summed E-state index contributed by atoms with van der Waals surface area (Å²) in [6.45, 7) is 9.89. The smallest absolute Gasteiger partial charge is 0.226 e. The van der Waals surface area contributed by atoms with Gasteiger partial charge in [0, 0.05) is 36.5 Å². The van der Waals surface area contributed by atoms with Crippen LogP contribution in [0.5, 0.6) is 0 Å². The molecule has 1 rings (SSSR count). The Labute approximate surface area is 149 Å². The highest BCUT2D eigenvalue weighted by atomic mass is 16.2. The van der Waals surface area contributed by atoms with Crippen molar-refractivity contribution < 1.29 is 14.4 Å². The van der Waals surface area contributed by atoms with Gasteiger partial charge in [0.1, 0.15) is 0 Å². The molecule has 0 saturated carbocycles. The lowest BCUT2D eigenvalue weighted by atomic mass is 9.96. The minimum atomic E-state index is -0.455. The zero-order valence-corrected chi connectivity index (χ0v) is 15.7. The first-order chi connectivity index (χ1) is 11.6. The highest BCUT2D eigenvalue weighted by Gasteiger charge is 2.20. The van der Waals surface area contributed by atoms with E-state index in [1.54, 1.807) is 0 Å². The van der Waals surface area contributed by atoms with E-state index < -0.39 is 5.41 Å². The molecule has 0 aliphatic carbocycles. The average molecular weight is 347 g/mol. The van der Waals surface area contributed by atoms with Crippen LogP contribution in [0, 0.1) is 11.3 Å². The van der Waals surface area contributed by atoms with E-state index in [1.165, 1.54) is 0 Å². The first-order valence-electron chi connectivity index (χ1n) is 8.54. The van der Waals surface area contributed by atoms with Crippen LogP contribution in [0.15, 0.2) is 24.3 Å². The van der Waals surface area contributed by atoms with Crippen molar-refractivity contribution in [1.82, 2.24) is 10.6 Å². The van der Waals surface area contributed by atoms with Gasteiger partial charge < -0.3 is 16.0 Å². The highest BCUT2D eigenvalue weighted by Crippen LogP contribution is 2.12. The van der Waals surface area contributed by atoms with Crippen molar-refractivity contribution in [1.29, 1.82) is 0 Å². The predicted octanol–water partition coefficient (Wildman–Crippen LogP) is 2.45. The summed E-state index contributed by atoms with van der Waals surface area (Å²) in [7, 11) is 0. The molecule has 6 heteroatoms. The molecule has 0 bridgehead atoms. The molecule has 0 fully saturated rings. The van der Waals surface area contributed by atoms with Gasteiger partial charge in [0.05, 0.1) is 0 Å². The van der Waals surface area contributed by atoms with Crippen molar-refractivity contribution in [3.05, 3.63) is 29.8 Å². The second-order valence-electron chi connectivity index (χ2n) is 7.37. The van der Waals surface area contributed by atoms with Gasteiger partial charge in [-0.1, -0.05) is 46.8 Å². The maximum atomic E-state index is 11.8. The third kappa shape index (κ3) is 7.83. The lowest BCUT2D eigenvalue weighted by molar-refractivity contribution is -0.128. The van der Waals surface area contributed by atoms with Gasteiger partial charge in [-0.2, -0.15) is 0 Å². The highest BCUT2D eigenvalue weighted by molar-refractivity contribution is 5.92. The molecule has 0 aliphatic heterocycles. The first-order valence-corrected chi connectivity index (χ1v) is 8.54. The molecule has 0 unspecified atom stereocenters. The van der Waals surface area contributed by atoms with Gasteiger partial charge in [0.25, 0.3) is 0 Å². The van der Waals surface area contributed by atoms with Crippen LogP contribution in [0.25, 0.3) is 0 Å². The second kappa shape index (κ2) is 9.20. The molecule has 1 aromatic rings. The lowest BCUT2D eigenvalue weighted by Crippen LogP contribution is -2.37. The molecule has 0 heterocycles. The number of anilines is 1. The molecule has 25 heavy (non-hydrogen) atoms. The van der Waals surface area contributed by atoms with E-state index in [-0.39, 0.29) is 30.1 Å². The number of benzene rings is 1. The summed E-state index contributed by atoms with van der Waals surface area (Å²) in [5.74, 6) is -0.290. The molecule has 138 valence electrons. The van der Waals surface area contributed by atoms with Gasteiger partial charge in [-0.25, -0.2) is 0 Å². The number of carbonyl (C=O) groups is 3. The lowest BCUT2D eigenvalue weighted by Gasteiger charge is -2.17. The van der Waals surface area contributed by atoms with Crippen LogP contribution in [0.2, 0.25) is 0 Å². The van der Waals surface area contributed by atoms with Crippen LogP contribution in [0.4, 0.5) is 5.69 Å². The molecule has 0 saturated heterocycles. The summed E-state index contributed by atoms with van der Waals surface area (Å²) in [5, 5.41) is 8.38. The number of amides is 3. The van der Waals surface area contributed by atoms with E-state index in [1.807, 2.05) is 58.9 Å². The fourth-order valence-electron chi connectivity index (χ4n) is 1.84. The van der Waals surface area contributed by atoms with Gasteiger partial charge in [0.2, 0.25) is 17.7 Å². The van der Waals surface area contributed by atoms with Crippen molar-refractivity contribution in [2.24, 2.45) is 11.3 Å². The Kier molecular flexibility index (Phi) is 7.61. The number of carbonyl (C=O) groups excluding carboxylic acids is 3. The molecule has 1 aromatic carbocycles. The predicted molar refractivity (Wildman–Crippen MR) is 98.8 cm³/mol. The SMILES string of the molecule is CC(C)C(=O)Nc1ccc(CNC(=O)CCNC(=O)C(C)(C)C)cc1. The zero-order chi connectivity index (χ0) is 19.0. The molecular weight excluding hydrogens is 318 g/mol. The molecule has 3 N–H and O–H groups in total. The molecule has 0 spiro atoms. The van der Waals surface area contributed by atoms with Crippen LogP contribution in [-0.2, 0) is 20.9 Å². The minimum Gasteiger partial charge on any atom is -0.355 e. The summed E-state index contributed by atoms with van der Waals surface area (Å²) in [6, 6.07) is 7.34. The molecule has 0 atom stereocenters. The zero-order valence-electron chi connectivity index (χ0n) is 15.7. The summed E-state index contributed by atoms with van der Waals surface area (Å²) < 4.78 is 0. The number of rotatable bonds is 7. The van der Waals surface area contributed by atoms with E-state index in [4.69, 9.17) is 0 Å². The van der Waals surface area contributed by atoms with Crippen molar-refractivity contribution in [2.45, 2.75) is 47.6 Å². The standard InChI is InChI=1S/C19H29N3O3/c1-13(2)17(24)22-15-8-6-14(7-9-15)12-21-16(23)10-11-20-18(25)19(3,4)5/h6-9,13H,10-12H2,1-5H3,(H,20,25)(H,21,23)(H,22,24). The molecular formula is C19H29N3O3. The quantitative estimate of drug-likeness (QED) is 0.708. The van der Waals surface area contributed by atoms with Crippen LogP contribution >= 0.6 is 0 Å². The largest absolute Gasteiger partial charge is 0.355 e. The van der Waals surface area contributed by atoms with Crippen LogP contribution < -0.4 is 16.0 Å². The van der Waals surface area contributed by atoms with E-state index >= 15 is 0 Å². The van der Waals surface area contributed by atoms with Crippen LogP contribution in [-0.4, -0.2) is 24.3 Å². The van der Waals surface area contributed by atoms with Gasteiger partial charge in [-0.3, -0.25) is 14.4 Å². The third-order valence-electron chi connectivity index (χ3n) is 3.55. The van der Waals surface area contributed by atoms with E-state index in [9.17, 15) is 14.4 Å². The maximum Gasteiger partial charge on any atom is 0.226 e. The number of hydrogen-bond acceptors (Lipinski definition) is 3. The third-order valence-corrected chi connectivity index (χ3v) is 3.55. The van der Waals surface area contributed by atoms with E-state index in [2.05, 4.69) is 16.0 Å². The van der Waals surface area contributed by atoms with Crippen LogP contribution in [0.3, 0.4) is 0 Å². The van der Waals surface area contributed by atoms with Crippen molar-refractivity contribution in [2.75, 3.05) is 11.9 Å². The van der Waals surface area contributed by atoms with Gasteiger partial charge >= 0.3 is 0 Å². The van der Waals surface area contributed by atoms with Crippen molar-refractivity contribution in [3.8, 4) is 0 Å². The average Bonchev–Trinajstić information content (AvgIpc) is 2.53. The Hall–Kier alpha value is -2.37. The summed E-state index contributed by atoms with van der Waals surface area (Å²) >= 11 is 0. The summed E-state index contributed by atoms with van der Waals surface area (Å²) in [5.41, 5.74) is 1.22. The van der Waals surface area contributed by atoms with E-state index in [0.29, 0.717) is 13.1 Å². The summed E-state index contributed by atoms with van der Waals surface area (Å²) in [6.07, 6.45) is 0.240. The first kappa shape index (κ1) is 20.7. The van der Waals surface area contributed by atoms with E-state index in [0.717, 1.165) is 11.3 Å². The van der Waals surface area contributed by atoms with Crippen LogP contribution in [0.1, 0.15) is 46.6 Å². The maximum absolute atomic E-state index is 11.8. The fraction of sp³-hybridized carbons (Fsp3) is 0.526. The fourth-order valence-corrected chi connectivity index (χ4v) is 1.84. The molecule has 0 aliphatic rings. The minimum absolute atomic E-state index is 0.0293. The molecule has 6 nitrogen and oxygen atoms in total. The Morgan fingerprint density at radius 2 is 1.60 bits per heavy atom. The van der Waals surface area contributed by atoms with Crippen molar-refractivity contribution in [3.63, 3.8) is 0 Å². The second-order valence-corrected chi connectivity index (χ2v) is 7.37. The molecule has 0 radical (unpaired) electrons. The van der Waals surface area contributed by atoms with Crippen molar-refractivity contribution >= 4 is 23.4 Å². The number of nitrogens with one attached hydrogen (secondary N) is 3. The Balaban J connectivity index is 2.34.